The molecule has 1 fully saturated rings. The van der Waals surface area contributed by atoms with Crippen molar-refractivity contribution in [2.75, 3.05) is 13.1 Å². The molecule has 2 rings (SSSR count). The van der Waals surface area contributed by atoms with Gasteiger partial charge in [0, 0.05) is 18.9 Å². The first-order chi connectivity index (χ1) is 8.68. The van der Waals surface area contributed by atoms with Crippen molar-refractivity contribution in [3.8, 4) is 0 Å². The van der Waals surface area contributed by atoms with Gasteiger partial charge in [-0.2, -0.15) is 23.4 Å². The first-order valence-corrected chi connectivity index (χ1v) is 5.45. The maximum Gasteiger partial charge on any atom is 0.418 e. The molecule has 1 aliphatic heterocycles. The van der Waals surface area contributed by atoms with Crippen molar-refractivity contribution in [3.63, 3.8) is 0 Å². The topological polar surface area (TPSA) is 55.0 Å². The normalized spacial score (nSPS) is 23.8. The Morgan fingerprint density at radius 3 is 2.63 bits per heavy atom. The molecule has 0 amide bonds. The van der Waals surface area contributed by atoms with E-state index in [2.05, 4.69) is 10.2 Å². The fourth-order valence-electron chi connectivity index (χ4n) is 2.01. The number of nitrogens with zero attached hydrogens (tertiary/aromatic N) is 3. The Hall–Kier alpha value is -1.35. The van der Waals surface area contributed by atoms with E-state index in [0.29, 0.717) is 6.20 Å². The van der Waals surface area contributed by atoms with Gasteiger partial charge in [0.25, 0.3) is 5.92 Å². The van der Waals surface area contributed by atoms with Gasteiger partial charge in [-0.25, -0.2) is 13.8 Å². The van der Waals surface area contributed by atoms with E-state index >= 15 is 0 Å². The van der Waals surface area contributed by atoms with Crippen LogP contribution in [0.5, 0.6) is 0 Å². The van der Waals surface area contributed by atoms with Gasteiger partial charge in [-0.3, -0.25) is 5.84 Å². The number of aromatic nitrogens is 2. The van der Waals surface area contributed by atoms with Crippen LogP contribution in [0.25, 0.3) is 0 Å². The number of hydrazine groups is 1. The van der Waals surface area contributed by atoms with Crippen molar-refractivity contribution in [1.29, 1.82) is 0 Å². The summed E-state index contributed by atoms with van der Waals surface area (Å²) in [5.74, 6) is 1.10. The molecular weight excluding hydrogens is 271 g/mol. The van der Waals surface area contributed by atoms with E-state index < -0.39 is 30.1 Å². The lowest BCUT2D eigenvalue weighted by Gasteiger charge is -2.17. The van der Waals surface area contributed by atoms with Crippen molar-refractivity contribution < 1.29 is 22.0 Å². The van der Waals surface area contributed by atoms with Gasteiger partial charge < -0.3 is 0 Å². The molecule has 4 nitrogen and oxygen atoms in total. The summed E-state index contributed by atoms with van der Waals surface area (Å²) in [5, 5.41) is 7.61. The Balaban J connectivity index is 2.16. The lowest BCUT2D eigenvalue weighted by molar-refractivity contribution is -0.138. The van der Waals surface area contributed by atoms with Crippen LogP contribution in [0.3, 0.4) is 0 Å². The van der Waals surface area contributed by atoms with E-state index in [9.17, 15) is 22.0 Å². The largest absolute Gasteiger partial charge is 0.418 e. The molecule has 19 heavy (non-hydrogen) atoms. The van der Waals surface area contributed by atoms with Crippen molar-refractivity contribution in [3.05, 3.63) is 23.5 Å². The van der Waals surface area contributed by atoms with Crippen LogP contribution in [0.4, 0.5) is 22.0 Å². The van der Waals surface area contributed by atoms with Gasteiger partial charge in [0.15, 0.2) is 0 Å². The fraction of sp³-hybridized carbons (Fsp3) is 0.600. The lowest BCUT2D eigenvalue weighted by Crippen LogP contribution is -2.31. The maximum absolute atomic E-state index is 13.5. The quantitative estimate of drug-likeness (QED) is 0.659. The van der Waals surface area contributed by atoms with Gasteiger partial charge in [-0.05, 0) is 6.07 Å². The highest BCUT2D eigenvalue weighted by Gasteiger charge is 2.47. The highest BCUT2D eigenvalue weighted by molar-refractivity contribution is 5.17. The van der Waals surface area contributed by atoms with Crippen LogP contribution in [-0.2, 0) is 12.6 Å². The van der Waals surface area contributed by atoms with Crippen molar-refractivity contribution in [2.45, 2.75) is 18.5 Å². The van der Waals surface area contributed by atoms with Crippen LogP contribution < -0.4 is 5.84 Å². The Labute approximate surface area is 105 Å². The van der Waals surface area contributed by atoms with Crippen LogP contribution in [0, 0.1) is 5.92 Å². The fourth-order valence-corrected chi connectivity index (χ4v) is 2.01. The zero-order chi connectivity index (χ0) is 14.3. The summed E-state index contributed by atoms with van der Waals surface area (Å²) in [5.41, 5.74) is -1.11. The monoisotopic (exact) mass is 282 g/mol. The SMILES string of the molecule is NN1C[C@H](Cc2cc(C(F)(F)F)cnn2)C(F)(F)C1. The third kappa shape index (κ3) is 3.16. The second kappa shape index (κ2) is 4.64. The molecule has 0 unspecified atom stereocenters. The smallest absolute Gasteiger partial charge is 0.269 e. The molecule has 2 N–H and O–H groups in total. The summed E-state index contributed by atoms with van der Waals surface area (Å²) in [4.78, 5) is 0. The second-order valence-electron chi connectivity index (χ2n) is 4.52. The third-order valence-electron chi connectivity index (χ3n) is 2.95. The van der Waals surface area contributed by atoms with Crippen LogP contribution >= 0.6 is 0 Å². The van der Waals surface area contributed by atoms with E-state index in [1.807, 2.05) is 0 Å². The lowest BCUT2D eigenvalue weighted by atomic mass is 9.98. The summed E-state index contributed by atoms with van der Waals surface area (Å²) >= 11 is 0. The predicted octanol–water partition coefficient (Wildman–Crippen LogP) is 1.48. The molecule has 2 heterocycles. The minimum Gasteiger partial charge on any atom is -0.269 e. The Morgan fingerprint density at radius 2 is 2.11 bits per heavy atom. The van der Waals surface area contributed by atoms with E-state index in [4.69, 9.17) is 5.84 Å². The molecule has 1 aromatic heterocycles. The van der Waals surface area contributed by atoms with Gasteiger partial charge in [-0.15, -0.1) is 0 Å². The number of alkyl halides is 5. The zero-order valence-electron chi connectivity index (χ0n) is 9.66. The number of nitrogens with two attached hydrogens (primary N) is 1. The molecule has 0 bridgehead atoms. The van der Waals surface area contributed by atoms with Gasteiger partial charge in [0.05, 0.1) is 24.0 Å². The third-order valence-corrected chi connectivity index (χ3v) is 2.95. The average Bonchev–Trinajstić information content (AvgIpc) is 2.51. The Bertz CT molecular complexity index is 461. The molecule has 0 aromatic carbocycles. The molecule has 0 saturated carbocycles. The van der Waals surface area contributed by atoms with Crippen LogP contribution in [0.2, 0.25) is 0 Å². The van der Waals surface area contributed by atoms with E-state index in [1.54, 1.807) is 0 Å². The number of hydrogen-bond donors (Lipinski definition) is 1. The molecule has 0 aliphatic carbocycles. The highest BCUT2D eigenvalue weighted by Crippen LogP contribution is 2.34. The Morgan fingerprint density at radius 1 is 1.42 bits per heavy atom. The summed E-state index contributed by atoms with van der Waals surface area (Å²) < 4.78 is 64.3. The summed E-state index contributed by atoms with van der Waals surface area (Å²) in [6.07, 6.45) is -4.30. The number of halogens is 5. The average molecular weight is 282 g/mol. The van der Waals surface area contributed by atoms with Crippen LogP contribution in [0.15, 0.2) is 12.3 Å². The predicted molar refractivity (Wildman–Crippen MR) is 54.9 cm³/mol. The van der Waals surface area contributed by atoms with E-state index in [1.165, 1.54) is 0 Å². The minimum atomic E-state index is -4.57. The number of hydrogen-bond acceptors (Lipinski definition) is 4. The molecule has 1 atom stereocenters. The second-order valence-corrected chi connectivity index (χ2v) is 4.52. The molecule has 0 spiro atoms. The Kier molecular flexibility index (Phi) is 3.43. The molecule has 1 saturated heterocycles. The van der Waals surface area contributed by atoms with Crippen LogP contribution in [0.1, 0.15) is 11.3 Å². The molecule has 1 aromatic rings. The standard InChI is InChI=1S/C10H11F5N4/c11-9(12)5-19(16)4-7(9)2-8-1-6(3-17-18-8)10(13,14)15/h1,3,7H,2,4-5,16H2/t7-/m0/s1. The van der Waals surface area contributed by atoms with Gasteiger partial charge in [0.1, 0.15) is 0 Å². The maximum atomic E-state index is 13.5. The molecular formula is C10H11F5N4. The first kappa shape index (κ1) is 14.1. The van der Waals surface area contributed by atoms with E-state index in [0.717, 1.165) is 11.1 Å². The van der Waals surface area contributed by atoms with Gasteiger partial charge >= 0.3 is 6.18 Å². The minimum absolute atomic E-state index is 0.0923. The molecule has 1 aliphatic rings. The summed E-state index contributed by atoms with van der Waals surface area (Å²) in [6.45, 7) is -0.699. The molecule has 9 heteroatoms. The van der Waals surface area contributed by atoms with Gasteiger partial charge in [-0.1, -0.05) is 0 Å². The van der Waals surface area contributed by atoms with Crippen molar-refractivity contribution in [1.82, 2.24) is 15.2 Å². The van der Waals surface area contributed by atoms with Crippen molar-refractivity contribution in [2.24, 2.45) is 11.8 Å². The van der Waals surface area contributed by atoms with Crippen molar-refractivity contribution >= 4 is 0 Å². The van der Waals surface area contributed by atoms with E-state index in [-0.39, 0.29) is 18.7 Å². The van der Waals surface area contributed by atoms with Gasteiger partial charge in [0.2, 0.25) is 0 Å². The number of rotatable bonds is 2. The first-order valence-electron chi connectivity index (χ1n) is 5.45. The highest BCUT2D eigenvalue weighted by atomic mass is 19.4. The summed E-state index contributed by atoms with van der Waals surface area (Å²) in [7, 11) is 0. The molecule has 106 valence electrons. The summed E-state index contributed by atoms with van der Waals surface area (Å²) in [6, 6.07) is 0.738. The van der Waals surface area contributed by atoms with Crippen LogP contribution in [-0.4, -0.2) is 34.2 Å². The zero-order valence-corrected chi connectivity index (χ0v) is 9.66. The molecule has 0 radical (unpaired) electrons.